The number of hydrogen-bond donors (Lipinski definition) is 0. The molecular weight excluding hydrogens is 340 g/mol. The smallest absolute Gasteiger partial charge is 0.344 e. The number of esters is 1. The van der Waals surface area contributed by atoms with Crippen molar-refractivity contribution in [2.24, 2.45) is 0 Å². The first-order valence-corrected chi connectivity index (χ1v) is 9.05. The molecule has 0 atom stereocenters. The summed E-state index contributed by atoms with van der Waals surface area (Å²) >= 11 is 0. The molecule has 0 unspecified atom stereocenters. The van der Waals surface area contributed by atoms with Gasteiger partial charge < -0.3 is 9.47 Å². The average Bonchev–Trinajstić information content (AvgIpc) is 3.06. The van der Waals surface area contributed by atoms with Crippen LogP contribution in [0.3, 0.4) is 0 Å². The van der Waals surface area contributed by atoms with Crippen LogP contribution < -0.4 is 9.47 Å². The molecule has 0 amide bonds. The number of aromatic nitrogens is 2. The maximum atomic E-state index is 12.6. The van der Waals surface area contributed by atoms with Crippen LogP contribution in [-0.4, -0.2) is 22.9 Å². The van der Waals surface area contributed by atoms with Crippen LogP contribution in [0.5, 0.6) is 11.6 Å². The number of nitrogens with zero attached hydrogens (tertiary/aromatic N) is 2. The van der Waals surface area contributed by atoms with Gasteiger partial charge in [-0.1, -0.05) is 25.5 Å². The molecule has 0 spiro atoms. The van der Waals surface area contributed by atoms with Gasteiger partial charge in [0.05, 0.1) is 24.1 Å². The lowest BCUT2D eigenvalue weighted by molar-refractivity contribution is 0.0723. The van der Waals surface area contributed by atoms with E-state index in [0.717, 1.165) is 35.3 Å². The van der Waals surface area contributed by atoms with Gasteiger partial charge in [0.1, 0.15) is 5.75 Å². The van der Waals surface area contributed by atoms with E-state index in [1.165, 1.54) is 0 Å². The molecule has 0 fully saturated rings. The molecule has 0 radical (unpaired) electrons. The fraction of sp³-hybridized carbons (Fsp3) is 0.273. The Bertz CT molecular complexity index is 943. The van der Waals surface area contributed by atoms with Gasteiger partial charge in [-0.2, -0.15) is 5.10 Å². The molecule has 0 saturated heterocycles. The predicted octanol–water partition coefficient (Wildman–Crippen LogP) is 4.67. The lowest BCUT2D eigenvalue weighted by atomic mass is 10.1. The van der Waals surface area contributed by atoms with Gasteiger partial charge in [-0.3, -0.25) is 0 Å². The van der Waals surface area contributed by atoms with Crippen LogP contribution in [-0.2, 0) is 6.42 Å². The zero-order valence-electron chi connectivity index (χ0n) is 16.2. The maximum Gasteiger partial charge on any atom is 0.344 e. The van der Waals surface area contributed by atoms with Crippen molar-refractivity contribution in [3.63, 3.8) is 0 Å². The average molecular weight is 364 g/mol. The first-order chi connectivity index (χ1) is 13.0. The van der Waals surface area contributed by atoms with E-state index >= 15 is 0 Å². The SMILES string of the molecule is CCCc1cc(OC(=O)c2ccc(OC)cc2)n(-c2cccc(C)c2C)n1. The summed E-state index contributed by atoms with van der Waals surface area (Å²) in [7, 11) is 1.59. The fourth-order valence-corrected chi connectivity index (χ4v) is 2.88. The second-order valence-electron chi connectivity index (χ2n) is 6.47. The third-order valence-corrected chi connectivity index (χ3v) is 4.56. The summed E-state index contributed by atoms with van der Waals surface area (Å²) in [5, 5.41) is 4.67. The van der Waals surface area contributed by atoms with Crippen LogP contribution in [0.2, 0.25) is 0 Å². The van der Waals surface area contributed by atoms with Gasteiger partial charge in [0.15, 0.2) is 0 Å². The quantitative estimate of drug-likeness (QED) is 0.597. The van der Waals surface area contributed by atoms with Gasteiger partial charge in [0.25, 0.3) is 0 Å². The summed E-state index contributed by atoms with van der Waals surface area (Å²) in [5.74, 6) is 0.692. The van der Waals surface area contributed by atoms with E-state index in [4.69, 9.17) is 9.47 Å². The first-order valence-electron chi connectivity index (χ1n) is 9.05. The Hall–Kier alpha value is -3.08. The molecule has 5 nitrogen and oxygen atoms in total. The molecule has 0 N–H and O–H groups in total. The summed E-state index contributed by atoms with van der Waals surface area (Å²) in [6, 6.07) is 14.7. The standard InChI is InChI=1S/C22H24N2O3/c1-5-7-18-14-21(24(23-18)20-9-6-8-15(2)16(20)3)27-22(25)17-10-12-19(26-4)13-11-17/h6,8-14H,5,7H2,1-4H3. The first kappa shape index (κ1) is 18.7. The lowest BCUT2D eigenvalue weighted by Gasteiger charge is -2.12. The minimum absolute atomic E-state index is 0.424. The van der Waals surface area contributed by atoms with Crippen LogP contribution in [0.4, 0.5) is 0 Å². The Labute approximate surface area is 159 Å². The minimum atomic E-state index is -0.424. The monoisotopic (exact) mass is 364 g/mol. The highest BCUT2D eigenvalue weighted by Crippen LogP contribution is 2.25. The topological polar surface area (TPSA) is 53.4 Å². The summed E-state index contributed by atoms with van der Waals surface area (Å²) in [4.78, 5) is 12.6. The molecule has 1 heterocycles. The minimum Gasteiger partial charge on any atom is -0.497 e. The fourth-order valence-electron chi connectivity index (χ4n) is 2.88. The molecule has 140 valence electrons. The molecule has 2 aromatic carbocycles. The maximum absolute atomic E-state index is 12.6. The molecule has 0 aliphatic rings. The third-order valence-electron chi connectivity index (χ3n) is 4.56. The number of aryl methyl sites for hydroxylation is 2. The number of benzene rings is 2. The van der Waals surface area contributed by atoms with Crippen molar-refractivity contribution in [2.45, 2.75) is 33.6 Å². The highest BCUT2D eigenvalue weighted by molar-refractivity contribution is 5.91. The number of ether oxygens (including phenoxy) is 2. The number of carbonyl (C=O) groups is 1. The van der Waals surface area contributed by atoms with Gasteiger partial charge in [0, 0.05) is 6.07 Å². The second kappa shape index (κ2) is 8.08. The van der Waals surface area contributed by atoms with Crippen molar-refractivity contribution in [3.05, 3.63) is 70.9 Å². The molecule has 0 bridgehead atoms. The Balaban J connectivity index is 1.96. The normalized spacial score (nSPS) is 10.7. The Kier molecular flexibility index (Phi) is 5.60. The molecule has 3 rings (SSSR count). The molecule has 0 aliphatic carbocycles. The van der Waals surface area contributed by atoms with Gasteiger partial charge in [-0.05, 0) is 61.7 Å². The van der Waals surface area contributed by atoms with Crippen LogP contribution in [0, 0.1) is 13.8 Å². The van der Waals surface area contributed by atoms with E-state index in [9.17, 15) is 4.79 Å². The van der Waals surface area contributed by atoms with E-state index in [-0.39, 0.29) is 0 Å². The van der Waals surface area contributed by atoms with Gasteiger partial charge >= 0.3 is 5.97 Å². The number of rotatable bonds is 6. The van der Waals surface area contributed by atoms with Crippen LogP contribution >= 0.6 is 0 Å². The van der Waals surface area contributed by atoms with E-state index in [0.29, 0.717) is 17.2 Å². The van der Waals surface area contributed by atoms with Crippen molar-refractivity contribution < 1.29 is 14.3 Å². The number of methoxy groups -OCH3 is 1. The number of carbonyl (C=O) groups excluding carboxylic acids is 1. The van der Waals surface area contributed by atoms with Crippen molar-refractivity contribution in [1.29, 1.82) is 0 Å². The van der Waals surface area contributed by atoms with Crippen LogP contribution in [0.15, 0.2) is 48.5 Å². The van der Waals surface area contributed by atoms with E-state index in [1.54, 1.807) is 36.1 Å². The summed E-state index contributed by atoms with van der Waals surface area (Å²) in [6.45, 7) is 6.19. The summed E-state index contributed by atoms with van der Waals surface area (Å²) in [6.07, 6.45) is 1.79. The second-order valence-corrected chi connectivity index (χ2v) is 6.47. The molecule has 27 heavy (non-hydrogen) atoms. The van der Waals surface area contributed by atoms with Crippen LogP contribution in [0.25, 0.3) is 5.69 Å². The van der Waals surface area contributed by atoms with Crippen molar-refractivity contribution in [2.75, 3.05) is 7.11 Å². The highest BCUT2D eigenvalue weighted by atomic mass is 16.5. The van der Waals surface area contributed by atoms with E-state index < -0.39 is 5.97 Å². The molecule has 0 aliphatic heterocycles. The highest BCUT2D eigenvalue weighted by Gasteiger charge is 2.17. The Morgan fingerprint density at radius 2 is 1.85 bits per heavy atom. The lowest BCUT2D eigenvalue weighted by Crippen LogP contribution is -2.12. The van der Waals surface area contributed by atoms with Gasteiger partial charge in [-0.25, -0.2) is 9.48 Å². The third kappa shape index (κ3) is 4.03. The largest absolute Gasteiger partial charge is 0.497 e. The Morgan fingerprint density at radius 3 is 2.52 bits per heavy atom. The van der Waals surface area contributed by atoms with E-state index in [1.807, 2.05) is 25.1 Å². The molecule has 0 saturated carbocycles. The predicted molar refractivity (Wildman–Crippen MR) is 105 cm³/mol. The van der Waals surface area contributed by atoms with Gasteiger partial charge in [-0.15, -0.1) is 0 Å². The molecular formula is C22H24N2O3. The zero-order chi connectivity index (χ0) is 19.4. The van der Waals surface area contributed by atoms with Crippen LogP contribution in [0.1, 0.15) is 40.5 Å². The van der Waals surface area contributed by atoms with Crippen molar-refractivity contribution in [3.8, 4) is 17.3 Å². The summed E-state index contributed by atoms with van der Waals surface area (Å²) < 4.78 is 12.6. The van der Waals surface area contributed by atoms with Crippen molar-refractivity contribution in [1.82, 2.24) is 9.78 Å². The van der Waals surface area contributed by atoms with E-state index in [2.05, 4.69) is 25.0 Å². The summed E-state index contributed by atoms with van der Waals surface area (Å²) in [5.41, 5.74) is 4.53. The molecule has 1 aromatic heterocycles. The Morgan fingerprint density at radius 1 is 1.11 bits per heavy atom. The van der Waals surface area contributed by atoms with Gasteiger partial charge in [0.2, 0.25) is 5.88 Å². The zero-order valence-corrected chi connectivity index (χ0v) is 16.2. The van der Waals surface area contributed by atoms with Crippen molar-refractivity contribution >= 4 is 5.97 Å². The number of hydrogen-bond acceptors (Lipinski definition) is 4. The molecule has 3 aromatic rings. The molecule has 5 heteroatoms.